The zero-order valence-corrected chi connectivity index (χ0v) is 18.7. The molecule has 1 atom stereocenters. The molecule has 0 saturated carbocycles. The van der Waals surface area contributed by atoms with E-state index in [4.69, 9.17) is 10.5 Å². The molecule has 3 aromatic rings. The Hall–Kier alpha value is -2.25. The molecule has 1 unspecified atom stereocenters. The van der Waals surface area contributed by atoms with Gasteiger partial charge in [-0.15, -0.1) is 0 Å². The van der Waals surface area contributed by atoms with Crippen molar-refractivity contribution < 1.29 is 4.74 Å². The Balaban J connectivity index is 1.58. The summed E-state index contributed by atoms with van der Waals surface area (Å²) in [6.45, 7) is 6.21. The third kappa shape index (κ3) is 4.57. The van der Waals surface area contributed by atoms with Gasteiger partial charge in [-0.25, -0.2) is 0 Å². The van der Waals surface area contributed by atoms with E-state index in [9.17, 15) is 0 Å². The van der Waals surface area contributed by atoms with Gasteiger partial charge in [-0.3, -0.25) is 4.90 Å². The molecule has 0 aliphatic carbocycles. The number of hydrogen-bond donors (Lipinski definition) is 2. The van der Waals surface area contributed by atoms with Crippen LogP contribution in [0.4, 0.5) is 5.82 Å². The average Bonchev–Trinajstić information content (AvgIpc) is 3.41. The Morgan fingerprint density at radius 3 is 2.67 bits per heavy atom. The number of H-pyrrole nitrogens is 1. The van der Waals surface area contributed by atoms with Crippen molar-refractivity contribution in [3.8, 4) is 6.01 Å². The highest BCUT2D eigenvalue weighted by atomic mass is 32.2. The SMILES string of the molecule is CCCCOc1nc(N)c2[nH]cc(C(SC)c3ccc(CN4CCCC4)cc3)c2n1. The molecule has 3 heterocycles. The molecule has 1 fully saturated rings. The van der Waals surface area contributed by atoms with Crippen molar-refractivity contribution in [3.05, 3.63) is 47.2 Å². The minimum absolute atomic E-state index is 0.164. The van der Waals surface area contributed by atoms with Crippen LogP contribution in [0, 0.1) is 0 Å². The van der Waals surface area contributed by atoms with E-state index in [1.54, 1.807) is 11.8 Å². The molecule has 2 aromatic heterocycles. The van der Waals surface area contributed by atoms with Gasteiger partial charge in [0, 0.05) is 18.3 Å². The van der Waals surface area contributed by atoms with E-state index < -0.39 is 0 Å². The van der Waals surface area contributed by atoms with Crippen molar-refractivity contribution in [2.75, 3.05) is 31.7 Å². The van der Waals surface area contributed by atoms with E-state index in [1.807, 2.05) is 6.20 Å². The van der Waals surface area contributed by atoms with Gasteiger partial charge in [0.2, 0.25) is 0 Å². The van der Waals surface area contributed by atoms with Gasteiger partial charge in [0.25, 0.3) is 0 Å². The van der Waals surface area contributed by atoms with Crippen LogP contribution in [0.1, 0.15) is 54.5 Å². The van der Waals surface area contributed by atoms with Gasteiger partial charge in [-0.2, -0.15) is 21.7 Å². The summed E-state index contributed by atoms with van der Waals surface area (Å²) in [6, 6.07) is 9.36. The van der Waals surface area contributed by atoms with Gasteiger partial charge in [0.05, 0.1) is 11.9 Å². The second kappa shape index (κ2) is 9.71. The van der Waals surface area contributed by atoms with E-state index >= 15 is 0 Å². The number of benzene rings is 1. The summed E-state index contributed by atoms with van der Waals surface area (Å²) in [5.74, 6) is 0.429. The molecule has 6 nitrogen and oxygen atoms in total. The first kappa shape index (κ1) is 21.0. The minimum Gasteiger partial charge on any atom is -0.463 e. The lowest BCUT2D eigenvalue weighted by Crippen LogP contribution is -2.18. The number of aromatic nitrogens is 3. The third-order valence-electron chi connectivity index (χ3n) is 5.70. The molecule has 0 radical (unpaired) electrons. The number of nitrogens with one attached hydrogen (secondary N) is 1. The maximum atomic E-state index is 6.18. The van der Waals surface area contributed by atoms with Crippen molar-refractivity contribution in [3.63, 3.8) is 0 Å². The molecular formula is C23H31N5OS. The second-order valence-corrected chi connectivity index (χ2v) is 8.84. The van der Waals surface area contributed by atoms with Crippen LogP contribution in [0.25, 0.3) is 11.0 Å². The predicted octanol–water partition coefficient (Wildman–Crippen LogP) is 4.77. The molecule has 1 aromatic carbocycles. The van der Waals surface area contributed by atoms with Gasteiger partial charge >= 0.3 is 6.01 Å². The molecule has 0 spiro atoms. The van der Waals surface area contributed by atoms with Crippen LogP contribution >= 0.6 is 11.8 Å². The van der Waals surface area contributed by atoms with E-state index in [-0.39, 0.29) is 5.25 Å². The number of nitrogen functional groups attached to an aromatic ring is 1. The molecule has 3 N–H and O–H groups in total. The molecule has 1 saturated heterocycles. The number of ether oxygens (including phenoxy) is 1. The number of rotatable bonds is 9. The molecule has 0 bridgehead atoms. The highest BCUT2D eigenvalue weighted by Gasteiger charge is 2.21. The summed E-state index contributed by atoms with van der Waals surface area (Å²) in [7, 11) is 0. The minimum atomic E-state index is 0.164. The monoisotopic (exact) mass is 425 g/mol. The zero-order valence-electron chi connectivity index (χ0n) is 17.9. The summed E-state index contributed by atoms with van der Waals surface area (Å²) in [5, 5.41) is 0.164. The standard InChI is InChI=1S/C23H31N5OS/c1-3-4-13-29-23-26-19-18(14-25-20(19)22(24)27-23)21(30-2)17-9-7-16(8-10-17)15-28-11-5-6-12-28/h7-10,14,21,25H,3-6,11-13,15H2,1-2H3,(H2,24,26,27). The van der Waals surface area contributed by atoms with Crippen molar-refractivity contribution >= 4 is 28.6 Å². The number of aromatic amines is 1. The number of unbranched alkanes of at least 4 members (excludes halogenated alkanes) is 1. The van der Waals surface area contributed by atoms with Gasteiger partial charge < -0.3 is 15.5 Å². The van der Waals surface area contributed by atoms with Gasteiger partial charge in [-0.1, -0.05) is 37.6 Å². The fourth-order valence-corrected chi connectivity index (χ4v) is 4.90. The van der Waals surface area contributed by atoms with Gasteiger partial charge in [0.15, 0.2) is 5.82 Å². The van der Waals surface area contributed by atoms with Crippen LogP contribution in [0.3, 0.4) is 0 Å². The normalized spacial score (nSPS) is 15.7. The molecular weight excluding hydrogens is 394 g/mol. The molecule has 7 heteroatoms. The summed E-state index contributed by atoms with van der Waals surface area (Å²) in [4.78, 5) is 14.8. The average molecular weight is 426 g/mol. The number of likely N-dealkylation sites (tertiary alicyclic amines) is 1. The lowest BCUT2D eigenvalue weighted by atomic mass is 10.0. The van der Waals surface area contributed by atoms with Crippen molar-refractivity contribution in [2.45, 2.75) is 44.4 Å². The molecule has 160 valence electrons. The molecule has 0 amide bonds. The fraction of sp³-hybridized carbons (Fsp3) is 0.478. The van der Waals surface area contributed by atoms with E-state index in [1.165, 1.54) is 37.1 Å². The largest absolute Gasteiger partial charge is 0.463 e. The smallest absolute Gasteiger partial charge is 0.319 e. The predicted molar refractivity (Wildman–Crippen MR) is 125 cm³/mol. The summed E-state index contributed by atoms with van der Waals surface area (Å²) in [5.41, 5.74) is 11.5. The molecule has 1 aliphatic rings. The Morgan fingerprint density at radius 2 is 1.97 bits per heavy atom. The third-order valence-corrected chi connectivity index (χ3v) is 6.69. The summed E-state index contributed by atoms with van der Waals surface area (Å²) in [6.07, 6.45) is 8.81. The Labute approximate surface area is 182 Å². The molecule has 30 heavy (non-hydrogen) atoms. The van der Waals surface area contributed by atoms with Crippen molar-refractivity contribution in [2.24, 2.45) is 0 Å². The van der Waals surface area contributed by atoms with E-state index in [0.29, 0.717) is 18.4 Å². The second-order valence-electron chi connectivity index (χ2n) is 7.90. The molecule has 1 aliphatic heterocycles. The van der Waals surface area contributed by atoms with Gasteiger partial charge in [0.1, 0.15) is 11.0 Å². The quantitative estimate of drug-likeness (QED) is 0.481. The van der Waals surface area contributed by atoms with Crippen LogP contribution < -0.4 is 10.5 Å². The van der Waals surface area contributed by atoms with Crippen molar-refractivity contribution in [1.82, 2.24) is 19.9 Å². The number of hydrogen-bond acceptors (Lipinski definition) is 6. The number of nitrogens with two attached hydrogens (primary N) is 1. The molecule has 4 rings (SSSR count). The topological polar surface area (TPSA) is 80.1 Å². The van der Waals surface area contributed by atoms with Crippen LogP contribution in [0.15, 0.2) is 30.5 Å². The highest BCUT2D eigenvalue weighted by molar-refractivity contribution is 7.99. The van der Waals surface area contributed by atoms with Crippen molar-refractivity contribution in [1.29, 1.82) is 0 Å². The Morgan fingerprint density at radius 1 is 1.20 bits per heavy atom. The first-order chi connectivity index (χ1) is 14.7. The Bertz CT molecular complexity index is 966. The van der Waals surface area contributed by atoms with Crippen LogP contribution in [-0.4, -0.2) is 45.8 Å². The highest BCUT2D eigenvalue weighted by Crippen LogP contribution is 2.38. The maximum absolute atomic E-state index is 6.18. The maximum Gasteiger partial charge on any atom is 0.319 e. The first-order valence-electron chi connectivity index (χ1n) is 10.8. The lowest BCUT2D eigenvalue weighted by molar-refractivity contribution is 0.287. The number of nitrogens with zero attached hydrogens (tertiary/aromatic N) is 3. The fourth-order valence-electron chi connectivity index (χ4n) is 4.04. The summed E-state index contributed by atoms with van der Waals surface area (Å²) < 4.78 is 5.73. The number of fused-ring (bicyclic) bond motifs is 1. The van der Waals surface area contributed by atoms with E-state index in [0.717, 1.165) is 36.0 Å². The zero-order chi connectivity index (χ0) is 20.9. The number of thioether (sulfide) groups is 1. The lowest BCUT2D eigenvalue weighted by Gasteiger charge is -2.17. The Kier molecular flexibility index (Phi) is 6.79. The van der Waals surface area contributed by atoms with Crippen LogP contribution in [-0.2, 0) is 6.54 Å². The van der Waals surface area contributed by atoms with E-state index in [2.05, 4.69) is 57.3 Å². The van der Waals surface area contributed by atoms with Crippen LogP contribution in [0.5, 0.6) is 6.01 Å². The first-order valence-corrected chi connectivity index (χ1v) is 12.1. The van der Waals surface area contributed by atoms with Gasteiger partial charge in [-0.05, 0) is 49.7 Å². The van der Waals surface area contributed by atoms with Crippen LogP contribution in [0.2, 0.25) is 0 Å². The number of anilines is 1. The summed E-state index contributed by atoms with van der Waals surface area (Å²) >= 11 is 1.80.